The molecule has 0 spiro atoms. The van der Waals surface area contributed by atoms with Gasteiger partial charge in [-0.15, -0.1) is 0 Å². The second-order valence-electron chi connectivity index (χ2n) is 5.28. The van der Waals surface area contributed by atoms with Gasteiger partial charge in [0.1, 0.15) is 0 Å². The molecular formula is C17H20O2. The third-order valence-corrected chi connectivity index (χ3v) is 3.90. The van der Waals surface area contributed by atoms with E-state index >= 15 is 0 Å². The van der Waals surface area contributed by atoms with E-state index in [-0.39, 0.29) is 5.78 Å². The van der Waals surface area contributed by atoms with E-state index in [0.29, 0.717) is 12.0 Å². The van der Waals surface area contributed by atoms with E-state index in [1.54, 1.807) is 19.1 Å². The zero-order valence-electron chi connectivity index (χ0n) is 11.5. The van der Waals surface area contributed by atoms with Crippen molar-refractivity contribution in [2.24, 2.45) is 5.41 Å². The molecule has 1 N–H and O–H groups in total. The highest BCUT2D eigenvalue weighted by Crippen LogP contribution is 2.43. The van der Waals surface area contributed by atoms with Crippen molar-refractivity contribution >= 4 is 5.78 Å². The molecule has 1 aliphatic carbocycles. The minimum atomic E-state index is -1.15. The summed E-state index contributed by atoms with van der Waals surface area (Å²) < 4.78 is 0. The van der Waals surface area contributed by atoms with Crippen LogP contribution in [0.3, 0.4) is 0 Å². The maximum absolute atomic E-state index is 12.9. The van der Waals surface area contributed by atoms with Crippen LogP contribution in [0.25, 0.3) is 0 Å². The molecule has 1 aromatic rings. The number of benzene rings is 1. The molecule has 0 amide bonds. The second-order valence-corrected chi connectivity index (χ2v) is 5.28. The van der Waals surface area contributed by atoms with Gasteiger partial charge >= 0.3 is 0 Å². The predicted octanol–water partition coefficient (Wildman–Crippen LogP) is 3.53. The van der Waals surface area contributed by atoms with E-state index in [1.165, 1.54) is 0 Å². The standard InChI is InChI=1S/C17H20O2/c1-3-11-17(13-8-7-12-16(17,2)19)15(18)14-9-5-4-6-10-14/h4-10,12-13,19H,3,11H2,1-2H3. The van der Waals surface area contributed by atoms with E-state index in [2.05, 4.69) is 0 Å². The van der Waals surface area contributed by atoms with Crippen molar-refractivity contribution in [3.05, 3.63) is 60.2 Å². The largest absolute Gasteiger partial charge is 0.385 e. The van der Waals surface area contributed by atoms with E-state index < -0.39 is 11.0 Å². The van der Waals surface area contributed by atoms with Crippen LogP contribution in [-0.4, -0.2) is 16.5 Å². The smallest absolute Gasteiger partial charge is 0.175 e. The summed E-state index contributed by atoms with van der Waals surface area (Å²) >= 11 is 0. The Hall–Kier alpha value is -1.67. The zero-order valence-corrected chi connectivity index (χ0v) is 11.5. The topological polar surface area (TPSA) is 37.3 Å². The lowest BCUT2D eigenvalue weighted by atomic mass is 9.63. The van der Waals surface area contributed by atoms with Crippen LogP contribution < -0.4 is 0 Å². The van der Waals surface area contributed by atoms with Crippen molar-refractivity contribution in [1.29, 1.82) is 0 Å². The van der Waals surface area contributed by atoms with Gasteiger partial charge < -0.3 is 5.11 Å². The van der Waals surface area contributed by atoms with Crippen LogP contribution in [0.1, 0.15) is 37.0 Å². The minimum absolute atomic E-state index is 0.0134. The van der Waals surface area contributed by atoms with E-state index in [0.717, 1.165) is 6.42 Å². The number of allylic oxidation sites excluding steroid dienone is 2. The average Bonchev–Trinajstić information content (AvgIpc) is 2.41. The zero-order chi connectivity index (χ0) is 13.9. The Balaban J connectivity index is 2.49. The molecule has 2 atom stereocenters. The van der Waals surface area contributed by atoms with Gasteiger partial charge in [0.15, 0.2) is 5.78 Å². The Morgan fingerprint density at radius 2 is 1.79 bits per heavy atom. The monoisotopic (exact) mass is 256 g/mol. The second kappa shape index (κ2) is 5.14. The molecule has 2 unspecified atom stereocenters. The molecule has 0 saturated carbocycles. The number of ketones is 1. The fourth-order valence-corrected chi connectivity index (χ4v) is 2.78. The first-order chi connectivity index (χ1) is 9.03. The highest BCUT2D eigenvalue weighted by Gasteiger charge is 2.49. The van der Waals surface area contributed by atoms with Crippen molar-refractivity contribution in [2.75, 3.05) is 0 Å². The fraction of sp³-hybridized carbons (Fsp3) is 0.353. The highest BCUT2D eigenvalue weighted by atomic mass is 16.3. The third kappa shape index (κ3) is 2.28. The molecule has 0 bridgehead atoms. The average molecular weight is 256 g/mol. The van der Waals surface area contributed by atoms with E-state index in [9.17, 15) is 9.90 Å². The number of aliphatic hydroxyl groups is 1. The van der Waals surface area contributed by atoms with Crippen molar-refractivity contribution in [2.45, 2.75) is 32.3 Å². The number of carbonyl (C=O) groups is 1. The molecule has 0 fully saturated rings. The molecule has 1 aliphatic rings. The van der Waals surface area contributed by atoms with Crippen molar-refractivity contribution in [3.8, 4) is 0 Å². The predicted molar refractivity (Wildman–Crippen MR) is 77.0 cm³/mol. The van der Waals surface area contributed by atoms with Crippen LogP contribution in [0.2, 0.25) is 0 Å². The Kier molecular flexibility index (Phi) is 3.72. The van der Waals surface area contributed by atoms with Gasteiger partial charge in [-0.1, -0.05) is 68.0 Å². The molecule has 2 nitrogen and oxygen atoms in total. The van der Waals surface area contributed by atoms with E-state index in [4.69, 9.17) is 0 Å². The van der Waals surface area contributed by atoms with Gasteiger partial charge in [0.25, 0.3) is 0 Å². The Morgan fingerprint density at radius 1 is 1.16 bits per heavy atom. The maximum Gasteiger partial charge on any atom is 0.175 e. The Morgan fingerprint density at radius 3 is 2.37 bits per heavy atom. The summed E-state index contributed by atoms with van der Waals surface area (Å²) in [5, 5.41) is 10.7. The minimum Gasteiger partial charge on any atom is -0.385 e. The lowest BCUT2D eigenvalue weighted by molar-refractivity contribution is 0.00147. The first-order valence-electron chi connectivity index (χ1n) is 6.73. The molecule has 2 heteroatoms. The Bertz CT molecular complexity index is 511. The summed E-state index contributed by atoms with van der Waals surface area (Å²) in [6.45, 7) is 3.74. The van der Waals surface area contributed by atoms with Crippen LogP contribution in [0.4, 0.5) is 0 Å². The van der Waals surface area contributed by atoms with E-state index in [1.807, 2.05) is 49.4 Å². The molecule has 0 aromatic heterocycles. The quantitative estimate of drug-likeness (QED) is 0.837. The summed E-state index contributed by atoms with van der Waals surface area (Å²) in [7, 11) is 0. The van der Waals surface area contributed by atoms with Crippen molar-refractivity contribution in [3.63, 3.8) is 0 Å². The molecule has 0 saturated heterocycles. The molecule has 100 valence electrons. The molecular weight excluding hydrogens is 236 g/mol. The van der Waals surface area contributed by atoms with Gasteiger partial charge in [-0.3, -0.25) is 4.79 Å². The summed E-state index contributed by atoms with van der Waals surface area (Å²) in [6, 6.07) is 9.20. The van der Waals surface area contributed by atoms with Gasteiger partial charge in [0.2, 0.25) is 0 Å². The maximum atomic E-state index is 12.9. The Labute approximate surface area is 114 Å². The molecule has 1 aromatic carbocycles. The molecule has 0 radical (unpaired) electrons. The van der Waals surface area contributed by atoms with Gasteiger partial charge in [-0.05, 0) is 13.3 Å². The number of hydrogen-bond donors (Lipinski definition) is 1. The first kappa shape index (κ1) is 13.8. The van der Waals surface area contributed by atoms with Gasteiger partial charge in [0.05, 0.1) is 11.0 Å². The fourth-order valence-electron chi connectivity index (χ4n) is 2.78. The van der Waals surface area contributed by atoms with Crippen molar-refractivity contribution in [1.82, 2.24) is 0 Å². The first-order valence-corrected chi connectivity index (χ1v) is 6.73. The summed E-state index contributed by atoms with van der Waals surface area (Å²) in [4.78, 5) is 12.9. The summed E-state index contributed by atoms with van der Waals surface area (Å²) in [5.74, 6) is -0.0134. The number of rotatable bonds is 4. The lowest BCUT2D eigenvalue weighted by Gasteiger charge is -2.42. The van der Waals surface area contributed by atoms with Gasteiger partial charge in [-0.2, -0.15) is 0 Å². The summed E-state index contributed by atoms with van der Waals surface area (Å²) in [6.07, 6.45) is 8.69. The number of carbonyl (C=O) groups excluding carboxylic acids is 1. The van der Waals surface area contributed by atoms with Crippen LogP contribution in [0, 0.1) is 5.41 Å². The van der Waals surface area contributed by atoms with Gasteiger partial charge in [-0.25, -0.2) is 0 Å². The highest BCUT2D eigenvalue weighted by molar-refractivity contribution is 6.03. The molecule has 0 aliphatic heterocycles. The number of hydrogen-bond acceptors (Lipinski definition) is 2. The van der Waals surface area contributed by atoms with Gasteiger partial charge in [0, 0.05) is 5.56 Å². The molecule has 0 heterocycles. The molecule has 2 rings (SSSR count). The van der Waals surface area contributed by atoms with Crippen molar-refractivity contribution < 1.29 is 9.90 Å². The van der Waals surface area contributed by atoms with Crippen LogP contribution in [0.15, 0.2) is 54.6 Å². The SMILES string of the molecule is CCCC1(C(=O)c2ccccc2)C=CC=CC1(C)O. The lowest BCUT2D eigenvalue weighted by Crippen LogP contribution is -2.49. The van der Waals surface area contributed by atoms with Crippen LogP contribution in [-0.2, 0) is 0 Å². The van der Waals surface area contributed by atoms with Crippen LogP contribution >= 0.6 is 0 Å². The molecule has 19 heavy (non-hydrogen) atoms. The van der Waals surface area contributed by atoms with Crippen LogP contribution in [0.5, 0.6) is 0 Å². The summed E-state index contributed by atoms with van der Waals surface area (Å²) in [5.41, 5.74) is -1.36. The third-order valence-electron chi connectivity index (χ3n) is 3.90. The number of Topliss-reactive ketones (excluding diaryl/α,β-unsaturated/α-hetero) is 1. The normalized spacial score (nSPS) is 29.4.